The summed E-state index contributed by atoms with van der Waals surface area (Å²) < 4.78 is 2.10. The number of carbonyl (C=O) groups is 1. The molecule has 0 spiro atoms. The zero-order chi connectivity index (χ0) is 19.0. The summed E-state index contributed by atoms with van der Waals surface area (Å²) in [6.07, 6.45) is 5.26. The number of primary amides is 1. The predicted molar refractivity (Wildman–Crippen MR) is 102 cm³/mol. The summed E-state index contributed by atoms with van der Waals surface area (Å²) >= 11 is 0. The average molecular weight is 367 g/mol. The molecule has 0 saturated carbocycles. The van der Waals surface area contributed by atoms with Gasteiger partial charge in [0.2, 0.25) is 5.95 Å². The van der Waals surface area contributed by atoms with Gasteiger partial charge < -0.3 is 25.8 Å². The number of rotatable bonds is 5. The second-order valence-corrected chi connectivity index (χ2v) is 6.78. The summed E-state index contributed by atoms with van der Waals surface area (Å²) in [7, 11) is 0. The van der Waals surface area contributed by atoms with Gasteiger partial charge in [0.05, 0.1) is 24.1 Å². The van der Waals surface area contributed by atoms with Crippen LogP contribution in [0.15, 0.2) is 30.9 Å². The van der Waals surface area contributed by atoms with Gasteiger partial charge >= 0.3 is 6.03 Å². The number of urea groups is 1. The van der Waals surface area contributed by atoms with Crippen LogP contribution in [0.5, 0.6) is 0 Å². The van der Waals surface area contributed by atoms with Gasteiger partial charge in [-0.25, -0.2) is 19.7 Å². The van der Waals surface area contributed by atoms with Crippen LogP contribution in [0.2, 0.25) is 0 Å². The minimum absolute atomic E-state index is 0.0307. The second kappa shape index (κ2) is 6.71. The number of carbonyl (C=O) groups excluding carboxylic acids is 1. The molecule has 27 heavy (non-hydrogen) atoms. The highest BCUT2D eigenvalue weighted by atomic mass is 16.2. The van der Waals surface area contributed by atoms with E-state index >= 15 is 0 Å². The first-order valence-electron chi connectivity index (χ1n) is 8.73. The van der Waals surface area contributed by atoms with Crippen LogP contribution in [0.3, 0.4) is 0 Å². The predicted octanol–water partition coefficient (Wildman–Crippen LogP) is 1.40. The van der Waals surface area contributed by atoms with Gasteiger partial charge in [-0.1, -0.05) is 0 Å². The number of amides is 2. The van der Waals surface area contributed by atoms with E-state index in [9.17, 15) is 4.79 Å². The number of aromatic nitrogens is 5. The molecule has 140 valence electrons. The summed E-state index contributed by atoms with van der Waals surface area (Å²) in [5.41, 5.74) is 7.00. The highest BCUT2D eigenvalue weighted by molar-refractivity contribution is 5.78. The Balaban J connectivity index is 1.49. The SMILES string of the molecule is CC(C)n1cnc2cnc(Nc3ccnc(N4CC(NC(N)=O)C4)n3)cc21. The van der Waals surface area contributed by atoms with Crippen LogP contribution in [-0.2, 0) is 0 Å². The molecule has 0 aliphatic carbocycles. The molecule has 3 aromatic heterocycles. The molecule has 0 aromatic carbocycles. The molecule has 0 radical (unpaired) electrons. The first-order chi connectivity index (χ1) is 13.0. The van der Waals surface area contributed by atoms with Gasteiger partial charge in [0.25, 0.3) is 0 Å². The highest BCUT2D eigenvalue weighted by Crippen LogP contribution is 2.23. The number of hydrogen-bond donors (Lipinski definition) is 3. The first-order valence-corrected chi connectivity index (χ1v) is 8.73. The van der Waals surface area contributed by atoms with E-state index in [1.54, 1.807) is 18.5 Å². The third-order valence-corrected chi connectivity index (χ3v) is 4.43. The van der Waals surface area contributed by atoms with Crippen LogP contribution in [0, 0.1) is 0 Å². The number of anilines is 3. The summed E-state index contributed by atoms with van der Waals surface area (Å²) in [5, 5.41) is 5.89. The van der Waals surface area contributed by atoms with Crippen molar-refractivity contribution in [2.24, 2.45) is 5.73 Å². The van der Waals surface area contributed by atoms with Crippen molar-refractivity contribution in [3.63, 3.8) is 0 Å². The Labute approximate surface area is 155 Å². The van der Waals surface area contributed by atoms with Gasteiger partial charge in [-0.2, -0.15) is 4.98 Å². The topological polar surface area (TPSA) is 127 Å². The second-order valence-electron chi connectivity index (χ2n) is 6.78. The Bertz CT molecular complexity index is 977. The maximum atomic E-state index is 10.9. The van der Waals surface area contributed by atoms with Gasteiger partial charge in [0, 0.05) is 31.4 Å². The molecule has 10 heteroatoms. The van der Waals surface area contributed by atoms with E-state index in [1.165, 1.54) is 0 Å². The van der Waals surface area contributed by atoms with Crippen molar-refractivity contribution >= 4 is 34.6 Å². The fraction of sp³-hybridized carbons (Fsp3) is 0.353. The fourth-order valence-corrected chi connectivity index (χ4v) is 3.05. The monoisotopic (exact) mass is 367 g/mol. The quantitative estimate of drug-likeness (QED) is 0.622. The van der Waals surface area contributed by atoms with Crippen molar-refractivity contribution in [3.05, 3.63) is 30.9 Å². The maximum Gasteiger partial charge on any atom is 0.312 e. The standard InChI is InChI=1S/C17H21N9O/c1-10(2)26-9-21-12-6-20-15(5-13(12)26)23-14-3-4-19-17(24-14)25-7-11(8-25)22-16(18)27/h3-6,9-11H,7-8H2,1-2H3,(H3,18,22,27)(H,19,20,23,24). The summed E-state index contributed by atoms with van der Waals surface area (Å²) in [4.78, 5) is 30.4. The van der Waals surface area contributed by atoms with E-state index in [4.69, 9.17) is 5.73 Å². The summed E-state index contributed by atoms with van der Waals surface area (Å²) in [6.45, 7) is 5.48. The number of nitrogens with two attached hydrogens (primary N) is 1. The normalized spacial score (nSPS) is 14.4. The number of nitrogens with zero attached hydrogens (tertiary/aromatic N) is 6. The molecule has 0 bridgehead atoms. The third kappa shape index (κ3) is 3.46. The van der Waals surface area contributed by atoms with Gasteiger partial charge in [-0.15, -0.1) is 0 Å². The lowest BCUT2D eigenvalue weighted by Crippen LogP contribution is -2.60. The molecule has 0 atom stereocenters. The van der Waals surface area contributed by atoms with Crippen molar-refractivity contribution in [1.29, 1.82) is 0 Å². The Morgan fingerprint density at radius 1 is 1.26 bits per heavy atom. The van der Waals surface area contributed by atoms with Gasteiger partial charge in [-0.3, -0.25) is 0 Å². The van der Waals surface area contributed by atoms with Gasteiger partial charge in [0.1, 0.15) is 17.2 Å². The lowest BCUT2D eigenvalue weighted by molar-refractivity contribution is 0.242. The zero-order valence-corrected chi connectivity index (χ0v) is 15.1. The molecule has 4 N–H and O–H groups in total. The first kappa shape index (κ1) is 17.0. The number of hydrogen-bond acceptors (Lipinski definition) is 7. The van der Waals surface area contributed by atoms with Crippen LogP contribution in [0.4, 0.5) is 22.4 Å². The lowest BCUT2D eigenvalue weighted by Gasteiger charge is -2.39. The van der Waals surface area contributed by atoms with E-state index in [0.29, 0.717) is 36.7 Å². The Morgan fingerprint density at radius 3 is 2.81 bits per heavy atom. The Morgan fingerprint density at radius 2 is 2.07 bits per heavy atom. The third-order valence-electron chi connectivity index (χ3n) is 4.43. The number of fused-ring (bicyclic) bond motifs is 1. The molecule has 3 aromatic rings. The molecule has 2 amide bonds. The van der Waals surface area contributed by atoms with Gasteiger partial charge in [-0.05, 0) is 19.9 Å². The smallest absolute Gasteiger partial charge is 0.312 e. The zero-order valence-electron chi connectivity index (χ0n) is 15.1. The number of pyridine rings is 1. The minimum Gasteiger partial charge on any atom is -0.352 e. The van der Waals surface area contributed by atoms with Crippen molar-refractivity contribution in [2.75, 3.05) is 23.3 Å². The minimum atomic E-state index is -0.516. The van der Waals surface area contributed by atoms with E-state index in [1.807, 2.05) is 17.3 Å². The molecule has 1 aliphatic rings. The maximum absolute atomic E-state index is 10.9. The molecule has 1 saturated heterocycles. The van der Waals surface area contributed by atoms with Crippen LogP contribution < -0.4 is 21.3 Å². The van der Waals surface area contributed by atoms with Crippen molar-refractivity contribution < 1.29 is 4.79 Å². The average Bonchev–Trinajstić information content (AvgIpc) is 3.01. The van der Waals surface area contributed by atoms with Crippen molar-refractivity contribution in [3.8, 4) is 0 Å². The van der Waals surface area contributed by atoms with E-state index in [-0.39, 0.29) is 6.04 Å². The van der Waals surface area contributed by atoms with Crippen molar-refractivity contribution in [1.82, 2.24) is 29.8 Å². The number of imidazole rings is 1. The molecule has 10 nitrogen and oxygen atoms in total. The Kier molecular flexibility index (Phi) is 4.22. The van der Waals surface area contributed by atoms with Crippen molar-refractivity contribution in [2.45, 2.75) is 25.9 Å². The molecule has 4 rings (SSSR count). The van der Waals surface area contributed by atoms with Crippen LogP contribution in [-0.4, -0.2) is 49.7 Å². The van der Waals surface area contributed by atoms with Crippen LogP contribution in [0.1, 0.15) is 19.9 Å². The molecular weight excluding hydrogens is 346 g/mol. The van der Waals surface area contributed by atoms with E-state index in [0.717, 1.165) is 11.0 Å². The molecule has 1 aliphatic heterocycles. The number of nitrogens with one attached hydrogen (secondary N) is 2. The van der Waals surface area contributed by atoms with E-state index < -0.39 is 6.03 Å². The summed E-state index contributed by atoms with van der Waals surface area (Å²) in [5.74, 6) is 1.93. The van der Waals surface area contributed by atoms with Crippen LogP contribution >= 0.6 is 0 Å². The molecule has 0 unspecified atom stereocenters. The molecule has 1 fully saturated rings. The Hall–Kier alpha value is -3.43. The molecule has 4 heterocycles. The summed E-state index contributed by atoms with van der Waals surface area (Å²) in [6, 6.07) is 3.57. The largest absolute Gasteiger partial charge is 0.352 e. The fourth-order valence-electron chi connectivity index (χ4n) is 3.05. The van der Waals surface area contributed by atoms with E-state index in [2.05, 4.69) is 49.0 Å². The highest BCUT2D eigenvalue weighted by Gasteiger charge is 2.29. The lowest BCUT2D eigenvalue weighted by atomic mass is 10.1. The van der Waals surface area contributed by atoms with Gasteiger partial charge in [0.15, 0.2) is 0 Å². The van der Waals surface area contributed by atoms with Crippen LogP contribution in [0.25, 0.3) is 11.0 Å². The molecular formula is C17H21N9O.